The Bertz CT molecular complexity index is 293. The second-order valence-electron chi connectivity index (χ2n) is 4.94. The van der Waals surface area contributed by atoms with E-state index in [9.17, 15) is 4.79 Å². The molecular weight excluding hydrogens is 194 g/mol. The van der Waals surface area contributed by atoms with E-state index in [-0.39, 0.29) is 12.0 Å². The number of amidine groups is 1. The van der Waals surface area contributed by atoms with Gasteiger partial charge in [-0.15, -0.1) is 0 Å². The molecule has 1 amide bonds. The highest BCUT2D eigenvalue weighted by atomic mass is 16.6. The standard InChI is InChI=1S/C10H19N3O2/c1-10(2,3)15-9(14)13-7-4-6(5-7)8(11)12/h6-7H,4-5H2,1-3H3,(H3,11,12)(H,13,14). The van der Waals surface area contributed by atoms with Crippen molar-refractivity contribution in [3.05, 3.63) is 0 Å². The highest BCUT2D eigenvalue weighted by Crippen LogP contribution is 2.27. The second-order valence-corrected chi connectivity index (χ2v) is 4.94. The third-order valence-corrected chi connectivity index (χ3v) is 2.28. The summed E-state index contributed by atoms with van der Waals surface area (Å²) in [4.78, 5) is 11.4. The zero-order valence-electron chi connectivity index (χ0n) is 10.4. The van der Waals surface area contributed by atoms with Crippen LogP contribution in [0, 0.1) is 11.3 Å². The van der Waals surface area contributed by atoms with E-state index in [1.165, 1.54) is 0 Å². The fourth-order valence-corrected chi connectivity index (χ4v) is 1.45. The van der Waals surface area contributed by atoms with E-state index < -0.39 is 11.7 Å². The molecule has 1 fully saturated rings. The summed E-state index contributed by atoms with van der Waals surface area (Å²) in [6.45, 7) is 5.46. The van der Waals surface area contributed by atoms with Crippen LogP contribution >= 0.6 is 0 Å². The molecule has 5 nitrogen and oxygen atoms in total. The number of rotatable bonds is 2. The predicted octanol–water partition coefficient (Wildman–Crippen LogP) is 1.23. The smallest absolute Gasteiger partial charge is 0.407 e. The number of nitrogens with two attached hydrogens (primary N) is 1. The van der Waals surface area contributed by atoms with Gasteiger partial charge in [-0.2, -0.15) is 0 Å². The molecule has 15 heavy (non-hydrogen) atoms. The summed E-state index contributed by atoms with van der Waals surface area (Å²) in [5, 5.41) is 5.93. The molecule has 0 radical (unpaired) electrons. The van der Waals surface area contributed by atoms with Gasteiger partial charge in [-0.3, -0.25) is 5.40 Å². The van der Waals surface area contributed by atoms with Crippen LogP contribution in [0.15, 0.2) is 0 Å². The predicted molar refractivity (Wildman–Crippen MR) is 57.8 cm³/mol. The van der Waals surface area contributed by atoms with Crippen LogP contribution in [0.25, 0.3) is 0 Å². The minimum Gasteiger partial charge on any atom is -0.444 e. The lowest BCUT2D eigenvalue weighted by Gasteiger charge is -2.35. The van der Waals surface area contributed by atoms with Crippen molar-refractivity contribution < 1.29 is 10.9 Å². The van der Waals surface area contributed by atoms with E-state index in [1.54, 1.807) is 0 Å². The molecule has 0 aromatic heterocycles. The summed E-state index contributed by atoms with van der Waals surface area (Å²) < 4.78 is 11.9. The molecule has 0 spiro atoms. The molecule has 0 unspecified atom stereocenters. The lowest BCUT2D eigenvalue weighted by atomic mass is 9.79. The third kappa shape index (κ3) is 3.77. The van der Waals surface area contributed by atoms with Gasteiger partial charge in [0.15, 0.2) is 1.41 Å². The Morgan fingerprint density at radius 3 is 2.67 bits per heavy atom. The van der Waals surface area contributed by atoms with Crippen LogP contribution in [0.5, 0.6) is 0 Å². The van der Waals surface area contributed by atoms with Crippen molar-refractivity contribution in [2.75, 3.05) is 0 Å². The lowest BCUT2D eigenvalue weighted by Crippen LogP contribution is -2.49. The highest BCUT2D eigenvalue weighted by molar-refractivity contribution is 5.81. The van der Waals surface area contributed by atoms with Crippen LogP contribution in [0.3, 0.4) is 0 Å². The fourth-order valence-electron chi connectivity index (χ4n) is 1.45. The molecule has 0 aromatic rings. The van der Waals surface area contributed by atoms with E-state index in [1.807, 2.05) is 20.8 Å². The van der Waals surface area contributed by atoms with E-state index >= 15 is 0 Å². The number of alkyl carbamates (subject to hydrolysis) is 1. The quantitative estimate of drug-likeness (QED) is 0.476. The zero-order chi connectivity index (χ0) is 12.3. The molecule has 0 aromatic carbocycles. The molecule has 0 heterocycles. The maximum absolute atomic E-state index is 11.4. The fraction of sp³-hybridized carbons (Fsp3) is 0.800. The first kappa shape index (κ1) is 10.3. The van der Waals surface area contributed by atoms with E-state index in [0.717, 1.165) is 12.8 Å². The van der Waals surface area contributed by atoms with E-state index in [4.69, 9.17) is 11.9 Å². The highest BCUT2D eigenvalue weighted by Gasteiger charge is 2.33. The van der Waals surface area contributed by atoms with Crippen molar-refractivity contribution >= 4 is 11.9 Å². The first-order valence-electron chi connectivity index (χ1n) is 5.53. The van der Waals surface area contributed by atoms with E-state index in [0.29, 0.717) is 5.84 Å². The van der Waals surface area contributed by atoms with Gasteiger partial charge in [0, 0.05) is 12.0 Å². The maximum Gasteiger partial charge on any atom is 0.407 e. The van der Waals surface area contributed by atoms with Gasteiger partial charge in [0.1, 0.15) is 5.60 Å². The van der Waals surface area contributed by atoms with Crippen molar-refractivity contribution in [2.24, 2.45) is 11.7 Å². The van der Waals surface area contributed by atoms with Gasteiger partial charge in [0.05, 0.1) is 5.84 Å². The Morgan fingerprint density at radius 1 is 1.60 bits per heavy atom. The van der Waals surface area contributed by atoms with Crippen LogP contribution < -0.4 is 11.1 Å². The van der Waals surface area contributed by atoms with Crippen LogP contribution in [-0.4, -0.2) is 23.6 Å². The molecule has 86 valence electrons. The van der Waals surface area contributed by atoms with Crippen molar-refractivity contribution in [3.8, 4) is 0 Å². The molecule has 1 aliphatic carbocycles. The normalized spacial score (nSPS) is 27.7. The topological polar surface area (TPSA) is 88.2 Å². The first-order valence-corrected chi connectivity index (χ1v) is 5.08. The maximum atomic E-state index is 11.4. The molecule has 4 N–H and O–H groups in total. The first-order chi connectivity index (χ1) is 7.31. The minimum atomic E-state index is -0.477. The van der Waals surface area contributed by atoms with Crippen LogP contribution in [0.4, 0.5) is 4.79 Å². The summed E-state index contributed by atoms with van der Waals surface area (Å²) in [7, 11) is 0. The number of carbonyl (C=O) groups excluding carboxylic acids is 1. The number of carbonyl (C=O) groups is 1. The molecule has 0 aliphatic heterocycles. The van der Waals surface area contributed by atoms with E-state index in [2.05, 4.69) is 10.7 Å². The summed E-state index contributed by atoms with van der Waals surface area (Å²) in [5.74, 6) is 0.458. The Hall–Kier alpha value is -1.26. The number of hydrogen-bond acceptors (Lipinski definition) is 3. The number of ether oxygens (including phenoxy) is 1. The Kier molecular flexibility index (Phi) is 2.79. The van der Waals surface area contributed by atoms with Crippen molar-refractivity contribution in [2.45, 2.75) is 45.3 Å². The molecule has 0 bridgehead atoms. The van der Waals surface area contributed by atoms with Crippen molar-refractivity contribution in [1.82, 2.24) is 5.32 Å². The number of hydrogen-bond donors (Lipinski definition) is 3. The summed E-state index contributed by atoms with van der Waals surface area (Å²) in [6, 6.07) is 0.0835. The molecule has 0 saturated heterocycles. The second kappa shape index (κ2) is 4.08. The van der Waals surface area contributed by atoms with Crippen LogP contribution in [0.1, 0.15) is 33.6 Å². The Balaban J connectivity index is 2.25. The van der Waals surface area contributed by atoms with Gasteiger partial charge >= 0.3 is 6.09 Å². The van der Waals surface area contributed by atoms with Gasteiger partial charge in [0.2, 0.25) is 0 Å². The number of amides is 1. The van der Waals surface area contributed by atoms with Gasteiger partial charge in [-0.25, -0.2) is 4.79 Å². The molecule has 1 saturated carbocycles. The molecule has 1 aliphatic rings. The van der Waals surface area contributed by atoms with Crippen LogP contribution in [-0.2, 0) is 4.74 Å². The molecule has 1 rings (SSSR count). The SMILES string of the molecule is [H]/N=C(/N)C1CC(NC(=O)OC(C)(C)C)C1. The third-order valence-electron chi connectivity index (χ3n) is 2.28. The summed E-state index contributed by atoms with van der Waals surface area (Å²) in [6.07, 6.45) is 1.05. The Morgan fingerprint density at radius 2 is 2.20 bits per heavy atom. The molecule has 5 heteroatoms. The largest absolute Gasteiger partial charge is 0.444 e. The van der Waals surface area contributed by atoms with Gasteiger partial charge in [0.25, 0.3) is 0 Å². The Labute approximate surface area is 91.3 Å². The molecular formula is C10H19N3O2. The number of nitrogens with one attached hydrogen (secondary N) is 2. The van der Waals surface area contributed by atoms with Crippen molar-refractivity contribution in [3.63, 3.8) is 0 Å². The van der Waals surface area contributed by atoms with Crippen LogP contribution in [0.2, 0.25) is 1.41 Å². The minimum absolute atomic E-state index is 0.0835. The average Bonchev–Trinajstić information content (AvgIpc) is 2.06. The summed E-state index contributed by atoms with van der Waals surface area (Å²) in [5.41, 5.74) is 5.01. The zero-order valence-corrected chi connectivity index (χ0v) is 9.41. The average molecular weight is 213 g/mol. The van der Waals surface area contributed by atoms with Crippen molar-refractivity contribution in [1.29, 1.82) is 5.40 Å². The molecule has 0 atom stereocenters. The monoisotopic (exact) mass is 213 g/mol. The van der Waals surface area contributed by atoms with Gasteiger partial charge in [-0.1, -0.05) is 0 Å². The van der Waals surface area contributed by atoms with Gasteiger partial charge in [-0.05, 0) is 33.6 Å². The summed E-state index contributed by atoms with van der Waals surface area (Å²) >= 11 is 0. The van der Waals surface area contributed by atoms with Gasteiger partial charge < -0.3 is 15.8 Å². The lowest BCUT2D eigenvalue weighted by molar-refractivity contribution is 0.0468.